The zero-order valence-corrected chi connectivity index (χ0v) is 10.9. The molecule has 0 unspecified atom stereocenters. The standard InChI is InChI=1S/C13H17ClN2O/c1-10(2)8-16-9-11-12(14)4-3-5-13(11)17-7-6-15/h3-5,10,16H,7-9H2,1-2H3. The van der Waals surface area contributed by atoms with Crippen molar-refractivity contribution in [3.05, 3.63) is 28.8 Å². The molecule has 92 valence electrons. The van der Waals surface area contributed by atoms with E-state index in [4.69, 9.17) is 21.6 Å². The average molecular weight is 253 g/mol. The summed E-state index contributed by atoms with van der Waals surface area (Å²) in [5.74, 6) is 1.26. The van der Waals surface area contributed by atoms with Crippen molar-refractivity contribution in [2.45, 2.75) is 20.4 Å². The number of ether oxygens (including phenoxy) is 1. The minimum absolute atomic E-state index is 0.0392. The second-order valence-electron chi connectivity index (χ2n) is 4.19. The van der Waals surface area contributed by atoms with E-state index in [1.165, 1.54) is 0 Å². The smallest absolute Gasteiger partial charge is 0.174 e. The molecule has 0 spiro atoms. The third-order valence-electron chi connectivity index (χ3n) is 2.22. The highest BCUT2D eigenvalue weighted by molar-refractivity contribution is 6.31. The molecule has 1 N–H and O–H groups in total. The van der Waals surface area contributed by atoms with Gasteiger partial charge in [-0.1, -0.05) is 31.5 Å². The molecule has 4 heteroatoms. The van der Waals surface area contributed by atoms with Crippen molar-refractivity contribution in [3.8, 4) is 11.8 Å². The molecule has 0 aromatic heterocycles. The van der Waals surface area contributed by atoms with Crippen LogP contribution in [0.5, 0.6) is 5.75 Å². The van der Waals surface area contributed by atoms with Crippen LogP contribution in [0, 0.1) is 17.2 Å². The van der Waals surface area contributed by atoms with Gasteiger partial charge in [0.1, 0.15) is 11.8 Å². The summed E-state index contributed by atoms with van der Waals surface area (Å²) >= 11 is 6.12. The van der Waals surface area contributed by atoms with Gasteiger partial charge in [0.2, 0.25) is 0 Å². The molecule has 0 aliphatic heterocycles. The molecule has 0 amide bonds. The van der Waals surface area contributed by atoms with Crippen LogP contribution in [-0.2, 0) is 6.54 Å². The van der Waals surface area contributed by atoms with Crippen LogP contribution in [0.25, 0.3) is 0 Å². The number of hydrogen-bond donors (Lipinski definition) is 1. The fourth-order valence-corrected chi connectivity index (χ4v) is 1.67. The first-order chi connectivity index (χ1) is 8.15. The molecule has 0 saturated heterocycles. The van der Waals surface area contributed by atoms with Gasteiger partial charge in [-0.2, -0.15) is 5.26 Å². The van der Waals surface area contributed by atoms with E-state index < -0.39 is 0 Å². The van der Waals surface area contributed by atoms with Gasteiger partial charge in [0.05, 0.1) is 0 Å². The lowest BCUT2D eigenvalue weighted by Gasteiger charge is -2.13. The van der Waals surface area contributed by atoms with Crippen LogP contribution in [0.2, 0.25) is 5.02 Å². The Morgan fingerprint density at radius 1 is 1.47 bits per heavy atom. The summed E-state index contributed by atoms with van der Waals surface area (Å²) in [7, 11) is 0. The van der Waals surface area contributed by atoms with E-state index in [9.17, 15) is 0 Å². The monoisotopic (exact) mass is 252 g/mol. The Kier molecular flexibility index (Phi) is 5.82. The first-order valence-electron chi connectivity index (χ1n) is 5.63. The van der Waals surface area contributed by atoms with Gasteiger partial charge in [0.15, 0.2) is 6.61 Å². The lowest BCUT2D eigenvalue weighted by molar-refractivity contribution is 0.362. The predicted octanol–water partition coefficient (Wildman–Crippen LogP) is 2.99. The zero-order chi connectivity index (χ0) is 12.7. The number of rotatable bonds is 6. The van der Waals surface area contributed by atoms with Crippen molar-refractivity contribution >= 4 is 11.6 Å². The van der Waals surface area contributed by atoms with E-state index in [0.717, 1.165) is 12.1 Å². The molecular weight excluding hydrogens is 236 g/mol. The molecule has 1 rings (SSSR count). The van der Waals surface area contributed by atoms with Gasteiger partial charge < -0.3 is 10.1 Å². The summed E-state index contributed by atoms with van der Waals surface area (Å²) in [5, 5.41) is 12.5. The van der Waals surface area contributed by atoms with Crippen LogP contribution in [0.15, 0.2) is 18.2 Å². The molecule has 3 nitrogen and oxygen atoms in total. The first kappa shape index (κ1) is 13.8. The van der Waals surface area contributed by atoms with Gasteiger partial charge in [0.25, 0.3) is 0 Å². The number of nitriles is 1. The predicted molar refractivity (Wildman–Crippen MR) is 69.1 cm³/mol. The third-order valence-corrected chi connectivity index (χ3v) is 2.58. The molecule has 1 aromatic rings. The summed E-state index contributed by atoms with van der Waals surface area (Å²) < 4.78 is 5.34. The summed E-state index contributed by atoms with van der Waals surface area (Å²) in [6.45, 7) is 5.90. The molecular formula is C13H17ClN2O. The third kappa shape index (κ3) is 4.64. The van der Waals surface area contributed by atoms with Gasteiger partial charge in [-0.3, -0.25) is 0 Å². The van der Waals surface area contributed by atoms with E-state index in [1.807, 2.05) is 24.3 Å². The maximum atomic E-state index is 8.51. The second-order valence-corrected chi connectivity index (χ2v) is 4.60. The van der Waals surface area contributed by atoms with Crippen LogP contribution in [0.1, 0.15) is 19.4 Å². The Bertz CT molecular complexity index is 399. The van der Waals surface area contributed by atoms with Crippen LogP contribution < -0.4 is 10.1 Å². The Balaban J connectivity index is 2.70. The minimum atomic E-state index is 0.0392. The Morgan fingerprint density at radius 3 is 2.88 bits per heavy atom. The molecule has 0 fully saturated rings. The van der Waals surface area contributed by atoms with Crippen molar-refractivity contribution in [2.75, 3.05) is 13.2 Å². The quantitative estimate of drug-likeness (QED) is 0.847. The highest BCUT2D eigenvalue weighted by Gasteiger charge is 2.08. The topological polar surface area (TPSA) is 45.0 Å². The molecule has 0 aliphatic carbocycles. The number of hydrogen-bond acceptors (Lipinski definition) is 3. The Hall–Kier alpha value is -1.24. The molecule has 0 bridgehead atoms. The average Bonchev–Trinajstić information content (AvgIpc) is 2.29. The molecule has 0 heterocycles. The van der Waals surface area contributed by atoms with E-state index in [-0.39, 0.29) is 6.61 Å². The Labute approximate surface area is 107 Å². The normalized spacial score (nSPS) is 10.3. The van der Waals surface area contributed by atoms with Crippen LogP contribution in [0.4, 0.5) is 0 Å². The number of halogens is 1. The van der Waals surface area contributed by atoms with Crippen LogP contribution >= 0.6 is 11.6 Å². The van der Waals surface area contributed by atoms with Gasteiger partial charge in [-0.15, -0.1) is 0 Å². The fourth-order valence-electron chi connectivity index (χ4n) is 1.44. The second kappa shape index (κ2) is 7.16. The number of nitrogens with zero attached hydrogens (tertiary/aromatic N) is 1. The first-order valence-corrected chi connectivity index (χ1v) is 6.00. The largest absolute Gasteiger partial charge is 0.478 e. The van der Waals surface area contributed by atoms with Gasteiger partial charge in [0, 0.05) is 17.1 Å². The zero-order valence-electron chi connectivity index (χ0n) is 10.2. The summed E-state index contributed by atoms with van der Waals surface area (Å²) in [4.78, 5) is 0. The van der Waals surface area contributed by atoms with Gasteiger partial charge in [-0.25, -0.2) is 0 Å². The van der Waals surface area contributed by atoms with Crippen LogP contribution in [0.3, 0.4) is 0 Å². The molecule has 0 atom stereocenters. The lowest BCUT2D eigenvalue weighted by Crippen LogP contribution is -2.19. The van der Waals surface area contributed by atoms with Crippen molar-refractivity contribution < 1.29 is 4.74 Å². The Morgan fingerprint density at radius 2 is 2.24 bits per heavy atom. The maximum Gasteiger partial charge on any atom is 0.174 e. The van der Waals surface area contributed by atoms with Gasteiger partial charge >= 0.3 is 0 Å². The molecule has 17 heavy (non-hydrogen) atoms. The summed E-state index contributed by atoms with van der Waals surface area (Å²) in [6.07, 6.45) is 0. The highest BCUT2D eigenvalue weighted by atomic mass is 35.5. The maximum absolute atomic E-state index is 8.51. The molecule has 0 saturated carbocycles. The fraction of sp³-hybridized carbons (Fsp3) is 0.462. The SMILES string of the molecule is CC(C)CNCc1c(Cl)cccc1OCC#N. The van der Waals surface area contributed by atoms with Crippen molar-refractivity contribution in [1.82, 2.24) is 5.32 Å². The van der Waals surface area contributed by atoms with E-state index in [2.05, 4.69) is 19.2 Å². The summed E-state index contributed by atoms with van der Waals surface area (Å²) in [5.41, 5.74) is 0.907. The molecule has 0 radical (unpaired) electrons. The van der Waals surface area contributed by atoms with Crippen molar-refractivity contribution in [1.29, 1.82) is 5.26 Å². The van der Waals surface area contributed by atoms with Crippen LogP contribution in [-0.4, -0.2) is 13.2 Å². The summed E-state index contributed by atoms with van der Waals surface area (Å²) in [6, 6.07) is 7.43. The number of nitrogens with one attached hydrogen (secondary N) is 1. The van der Waals surface area contributed by atoms with E-state index in [1.54, 1.807) is 0 Å². The molecule has 0 aliphatic rings. The van der Waals surface area contributed by atoms with Crippen molar-refractivity contribution in [3.63, 3.8) is 0 Å². The minimum Gasteiger partial charge on any atom is -0.478 e. The number of benzene rings is 1. The lowest BCUT2D eigenvalue weighted by atomic mass is 10.1. The molecule has 1 aromatic carbocycles. The van der Waals surface area contributed by atoms with E-state index >= 15 is 0 Å². The van der Waals surface area contributed by atoms with Gasteiger partial charge in [-0.05, 0) is 24.6 Å². The highest BCUT2D eigenvalue weighted by Crippen LogP contribution is 2.26. The van der Waals surface area contributed by atoms with E-state index in [0.29, 0.717) is 23.2 Å². The van der Waals surface area contributed by atoms with Crippen molar-refractivity contribution in [2.24, 2.45) is 5.92 Å².